The third-order valence-electron chi connectivity index (χ3n) is 5.59. The van der Waals surface area contributed by atoms with Crippen LogP contribution in [0.15, 0.2) is 54.6 Å². The molecule has 4 nitrogen and oxygen atoms in total. The number of para-hydroxylation sites is 2. The average molecular weight is 448 g/mol. The first kappa shape index (κ1) is 21.4. The first-order valence-corrected chi connectivity index (χ1v) is 10.4. The maximum Gasteiger partial charge on any atom is 0.449 e. The van der Waals surface area contributed by atoms with E-state index >= 15 is 0 Å². The Kier molecular flexibility index (Phi) is 6.05. The Hall–Kier alpha value is -2.80. The second kappa shape index (κ2) is 8.75. The lowest BCUT2D eigenvalue weighted by Gasteiger charge is -2.32. The number of nitrogens with zero attached hydrogens (tertiary/aromatic N) is 3. The number of likely N-dealkylation sites (tertiary alicyclic amines) is 1. The van der Waals surface area contributed by atoms with Gasteiger partial charge in [0, 0.05) is 30.7 Å². The minimum Gasteiger partial charge on any atom is -0.339 e. The van der Waals surface area contributed by atoms with E-state index in [0.717, 1.165) is 5.56 Å². The largest absolute Gasteiger partial charge is 0.449 e. The Balaban J connectivity index is 1.42. The van der Waals surface area contributed by atoms with Gasteiger partial charge < -0.3 is 9.47 Å². The van der Waals surface area contributed by atoms with Gasteiger partial charge in [-0.3, -0.25) is 4.79 Å². The molecular formula is C23H21ClF3N3O. The van der Waals surface area contributed by atoms with Gasteiger partial charge >= 0.3 is 6.18 Å². The molecule has 1 aromatic heterocycles. The fraction of sp³-hybridized carbons (Fsp3) is 0.304. The summed E-state index contributed by atoms with van der Waals surface area (Å²) in [7, 11) is 0. The molecule has 0 radical (unpaired) electrons. The van der Waals surface area contributed by atoms with Crippen LogP contribution < -0.4 is 0 Å². The molecule has 0 aliphatic carbocycles. The molecule has 0 atom stereocenters. The lowest BCUT2D eigenvalue weighted by molar-refractivity contribution is -0.147. The third kappa shape index (κ3) is 4.77. The zero-order chi connectivity index (χ0) is 22.0. The summed E-state index contributed by atoms with van der Waals surface area (Å²) in [5, 5.41) is 0.568. The SMILES string of the molecule is O=C(/C=C/c1ccccc1Cl)N1CCC(Cn2c(C(F)(F)F)nc3ccccc32)CC1. The normalized spacial score (nSPS) is 15.8. The van der Waals surface area contributed by atoms with Crippen molar-refractivity contribution in [1.82, 2.24) is 14.5 Å². The van der Waals surface area contributed by atoms with Gasteiger partial charge in [-0.25, -0.2) is 4.98 Å². The van der Waals surface area contributed by atoms with Crippen molar-refractivity contribution in [3.8, 4) is 0 Å². The van der Waals surface area contributed by atoms with E-state index < -0.39 is 12.0 Å². The van der Waals surface area contributed by atoms with Gasteiger partial charge in [0.2, 0.25) is 11.7 Å². The highest BCUT2D eigenvalue weighted by atomic mass is 35.5. The summed E-state index contributed by atoms with van der Waals surface area (Å²) in [6, 6.07) is 13.9. The highest BCUT2D eigenvalue weighted by Gasteiger charge is 2.38. The van der Waals surface area contributed by atoms with Crippen LogP contribution in [0.25, 0.3) is 17.1 Å². The van der Waals surface area contributed by atoms with Gasteiger partial charge in [0.15, 0.2) is 0 Å². The van der Waals surface area contributed by atoms with Crippen LogP contribution in [0.2, 0.25) is 5.02 Å². The molecule has 1 fully saturated rings. The topological polar surface area (TPSA) is 38.1 Å². The van der Waals surface area contributed by atoms with Crippen LogP contribution in [0.3, 0.4) is 0 Å². The van der Waals surface area contributed by atoms with Crippen LogP contribution >= 0.6 is 11.6 Å². The quantitative estimate of drug-likeness (QED) is 0.484. The summed E-state index contributed by atoms with van der Waals surface area (Å²) in [5.74, 6) is -0.951. The molecule has 31 heavy (non-hydrogen) atoms. The van der Waals surface area contributed by atoms with Crippen LogP contribution in [0.5, 0.6) is 0 Å². The number of halogens is 4. The number of rotatable bonds is 4. The average Bonchev–Trinajstić information content (AvgIpc) is 3.12. The highest BCUT2D eigenvalue weighted by molar-refractivity contribution is 6.32. The number of carbonyl (C=O) groups is 1. The van der Waals surface area contributed by atoms with Gasteiger partial charge in [0.25, 0.3) is 0 Å². The van der Waals surface area contributed by atoms with E-state index in [1.807, 2.05) is 18.2 Å². The van der Waals surface area contributed by atoms with Crippen molar-refractivity contribution in [2.24, 2.45) is 5.92 Å². The predicted octanol–water partition coefficient (Wildman–Crippen LogP) is 5.66. The molecule has 0 saturated carbocycles. The van der Waals surface area contributed by atoms with Gasteiger partial charge in [0.1, 0.15) is 0 Å². The number of hydrogen-bond donors (Lipinski definition) is 0. The Morgan fingerprint density at radius 1 is 1.10 bits per heavy atom. The summed E-state index contributed by atoms with van der Waals surface area (Å²) in [4.78, 5) is 18.0. The number of benzene rings is 2. The smallest absolute Gasteiger partial charge is 0.339 e. The molecule has 2 aromatic carbocycles. The molecular weight excluding hydrogens is 427 g/mol. The van der Waals surface area contributed by atoms with Gasteiger partial charge in [-0.1, -0.05) is 41.9 Å². The predicted molar refractivity (Wildman–Crippen MR) is 115 cm³/mol. The molecule has 0 bridgehead atoms. The van der Waals surface area contributed by atoms with Crippen LogP contribution in [0, 0.1) is 5.92 Å². The molecule has 0 unspecified atom stereocenters. The van der Waals surface area contributed by atoms with Crippen LogP contribution in [-0.2, 0) is 17.5 Å². The molecule has 0 spiro atoms. The summed E-state index contributed by atoms with van der Waals surface area (Å²) < 4.78 is 41.8. The number of carbonyl (C=O) groups excluding carboxylic acids is 1. The second-order valence-electron chi connectivity index (χ2n) is 7.66. The molecule has 1 amide bonds. The van der Waals surface area contributed by atoms with Crippen molar-refractivity contribution in [3.63, 3.8) is 0 Å². The van der Waals surface area contributed by atoms with Crippen LogP contribution in [-0.4, -0.2) is 33.4 Å². The Labute approximate surface area is 182 Å². The maximum absolute atomic E-state index is 13.5. The number of hydrogen-bond acceptors (Lipinski definition) is 2. The van der Waals surface area contributed by atoms with Gasteiger partial charge in [-0.2, -0.15) is 13.2 Å². The summed E-state index contributed by atoms with van der Waals surface area (Å²) in [6.07, 6.45) is -0.0686. The van der Waals surface area contributed by atoms with Crippen molar-refractivity contribution < 1.29 is 18.0 Å². The number of amides is 1. The van der Waals surface area contributed by atoms with E-state index in [9.17, 15) is 18.0 Å². The molecule has 1 saturated heterocycles. The minimum atomic E-state index is -4.51. The summed E-state index contributed by atoms with van der Waals surface area (Å²) in [6.45, 7) is 1.24. The van der Waals surface area contributed by atoms with Crippen molar-refractivity contribution in [3.05, 3.63) is 71.0 Å². The Bertz CT molecular complexity index is 1110. The highest BCUT2D eigenvalue weighted by Crippen LogP contribution is 2.33. The maximum atomic E-state index is 13.5. The summed E-state index contributed by atoms with van der Waals surface area (Å²) >= 11 is 6.10. The van der Waals surface area contributed by atoms with Gasteiger partial charge in [-0.15, -0.1) is 0 Å². The zero-order valence-electron chi connectivity index (χ0n) is 16.6. The number of alkyl halides is 3. The van der Waals surface area contributed by atoms with E-state index in [4.69, 9.17) is 11.6 Å². The molecule has 1 aliphatic rings. The first-order chi connectivity index (χ1) is 14.8. The lowest BCUT2D eigenvalue weighted by Crippen LogP contribution is -2.38. The number of fused-ring (bicyclic) bond motifs is 1. The Morgan fingerprint density at radius 2 is 1.77 bits per heavy atom. The van der Waals surface area contributed by atoms with E-state index in [1.54, 1.807) is 41.3 Å². The van der Waals surface area contributed by atoms with Crippen molar-refractivity contribution in [2.45, 2.75) is 25.6 Å². The Morgan fingerprint density at radius 3 is 2.48 bits per heavy atom. The van der Waals surface area contributed by atoms with E-state index in [0.29, 0.717) is 42.0 Å². The molecule has 8 heteroatoms. The molecule has 4 rings (SSSR count). The molecule has 1 aliphatic heterocycles. The lowest BCUT2D eigenvalue weighted by atomic mass is 9.96. The second-order valence-corrected chi connectivity index (χ2v) is 8.06. The van der Waals surface area contributed by atoms with E-state index in [-0.39, 0.29) is 18.4 Å². The molecule has 162 valence electrons. The van der Waals surface area contributed by atoms with E-state index in [1.165, 1.54) is 10.6 Å². The number of imidazole rings is 1. The van der Waals surface area contributed by atoms with Gasteiger partial charge in [-0.05, 0) is 48.6 Å². The standard InChI is InChI=1S/C23H21ClF3N3O/c24-18-6-2-1-5-17(18)9-10-21(31)29-13-11-16(12-14-29)15-30-20-8-4-3-7-19(20)28-22(30)23(25,26)27/h1-10,16H,11-15H2/b10-9+. The minimum absolute atomic E-state index is 0.0373. The molecule has 3 aromatic rings. The fourth-order valence-corrected chi connectivity index (χ4v) is 4.15. The van der Waals surface area contributed by atoms with Crippen LogP contribution in [0.4, 0.5) is 13.2 Å². The first-order valence-electron chi connectivity index (χ1n) is 10.1. The summed E-state index contributed by atoms with van der Waals surface area (Å²) in [5.41, 5.74) is 1.59. The van der Waals surface area contributed by atoms with E-state index in [2.05, 4.69) is 4.98 Å². The van der Waals surface area contributed by atoms with Crippen molar-refractivity contribution in [2.75, 3.05) is 13.1 Å². The monoisotopic (exact) mass is 447 g/mol. The third-order valence-corrected chi connectivity index (χ3v) is 5.93. The fourth-order valence-electron chi connectivity index (χ4n) is 3.95. The molecule has 2 heterocycles. The van der Waals surface area contributed by atoms with Gasteiger partial charge in [0.05, 0.1) is 11.0 Å². The number of piperidine rings is 1. The van der Waals surface area contributed by atoms with Crippen LogP contribution in [0.1, 0.15) is 24.2 Å². The van der Waals surface area contributed by atoms with Crippen molar-refractivity contribution in [1.29, 1.82) is 0 Å². The van der Waals surface area contributed by atoms with Crippen molar-refractivity contribution >= 4 is 34.6 Å². The number of aromatic nitrogens is 2. The zero-order valence-corrected chi connectivity index (χ0v) is 17.4. The molecule has 0 N–H and O–H groups in total.